The van der Waals surface area contributed by atoms with E-state index in [2.05, 4.69) is 5.32 Å². The number of ether oxygens (including phenoxy) is 2. The summed E-state index contributed by atoms with van der Waals surface area (Å²) in [6, 6.07) is 8.89. The number of aromatic carboxylic acids is 1. The number of carboxylic acid groups (broad SMARTS) is 1. The van der Waals surface area contributed by atoms with Crippen LogP contribution in [-0.4, -0.2) is 30.1 Å². The first-order chi connectivity index (χ1) is 12.3. The third-order valence-electron chi connectivity index (χ3n) is 3.66. The number of carboxylic acids is 1. The molecule has 2 rings (SSSR count). The van der Waals surface area contributed by atoms with E-state index in [0.29, 0.717) is 16.8 Å². The SMILES string of the molecule is CCC(=O)Oc1ccc(C(=O)Nc2ccc(C(=O)O)cc2C)cc1OC. The largest absolute Gasteiger partial charge is 0.493 e. The highest BCUT2D eigenvalue weighted by molar-refractivity contribution is 6.05. The van der Waals surface area contributed by atoms with Gasteiger partial charge in [0.1, 0.15) is 0 Å². The molecular formula is C19H19NO6. The Morgan fingerprint density at radius 1 is 1.04 bits per heavy atom. The lowest BCUT2D eigenvalue weighted by Crippen LogP contribution is -2.14. The van der Waals surface area contributed by atoms with E-state index in [1.165, 1.54) is 43.5 Å². The first-order valence-corrected chi connectivity index (χ1v) is 7.89. The van der Waals surface area contributed by atoms with Crippen LogP contribution < -0.4 is 14.8 Å². The van der Waals surface area contributed by atoms with Gasteiger partial charge in [0.2, 0.25) is 0 Å². The molecule has 0 fully saturated rings. The fourth-order valence-electron chi connectivity index (χ4n) is 2.22. The maximum atomic E-state index is 12.5. The van der Waals surface area contributed by atoms with E-state index in [1.807, 2.05) is 0 Å². The molecule has 0 bridgehead atoms. The molecule has 136 valence electrons. The van der Waals surface area contributed by atoms with Gasteiger partial charge in [-0.2, -0.15) is 0 Å². The number of methoxy groups -OCH3 is 1. The first-order valence-electron chi connectivity index (χ1n) is 7.89. The van der Waals surface area contributed by atoms with Crippen molar-refractivity contribution in [2.45, 2.75) is 20.3 Å². The molecule has 2 aromatic carbocycles. The summed E-state index contributed by atoms with van der Waals surface area (Å²) in [5.74, 6) is -1.35. The van der Waals surface area contributed by atoms with Gasteiger partial charge in [-0.25, -0.2) is 4.79 Å². The zero-order chi connectivity index (χ0) is 19.3. The van der Waals surface area contributed by atoms with E-state index in [1.54, 1.807) is 13.8 Å². The highest BCUT2D eigenvalue weighted by Crippen LogP contribution is 2.29. The summed E-state index contributed by atoms with van der Waals surface area (Å²) in [6.07, 6.45) is 0.219. The van der Waals surface area contributed by atoms with Crippen molar-refractivity contribution in [3.8, 4) is 11.5 Å². The van der Waals surface area contributed by atoms with Gasteiger partial charge in [-0.05, 0) is 48.9 Å². The van der Waals surface area contributed by atoms with Gasteiger partial charge >= 0.3 is 11.9 Å². The number of esters is 1. The molecule has 0 aliphatic heterocycles. The predicted molar refractivity (Wildman–Crippen MR) is 95.0 cm³/mol. The van der Waals surface area contributed by atoms with Crippen LogP contribution in [0.25, 0.3) is 0 Å². The topological polar surface area (TPSA) is 102 Å². The number of aryl methyl sites for hydroxylation is 1. The molecule has 0 saturated heterocycles. The van der Waals surface area contributed by atoms with Gasteiger partial charge in [0, 0.05) is 17.7 Å². The molecule has 7 heteroatoms. The van der Waals surface area contributed by atoms with Crippen molar-refractivity contribution >= 4 is 23.5 Å². The monoisotopic (exact) mass is 357 g/mol. The van der Waals surface area contributed by atoms with Crippen molar-refractivity contribution in [2.24, 2.45) is 0 Å². The molecule has 0 unspecified atom stereocenters. The molecule has 0 aromatic heterocycles. The molecule has 2 aromatic rings. The second-order valence-electron chi connectivity index (χ2n) is 5.48. The lowest BCUT2D eigenvalue weighted by atomic mass is 10.1. The Morgan fingerprint density at radius 3 is 2.31 bits per heavy atom. The number of hydrogen-bond acceptors (Lipinski definition) is 5. The number of anilines is 1. The maximum Gasteiger partial charge on any atom is 0.335 e. The lowest BCUT2D eigenvalue weighted by Gasteiger charge is -2.12. The lowest BCUT2D eigenvalue weighted by molar-refractivity contribution is -0.134. The number of hydrogen-bond donors (Lipinski definition) is 2. The van der Waals surface area contributed by atoms with Crippen molar-refractivity contribution in [3.63, 3.8) is 0 Å². The predicted octanol–water partition coefficient (Wildman–Crippen LogP) is 3.27. The van der Waals surface area contributed by atoms with Crippen molar-refractivity contribution in [3.05, 3.63) is 53.1 Å². The number of benzene rings is 2. The molecule has 0 radical (unpaired) electrons. The summed E-state index contributed by atoms with van der Waals surface area (Å²) in [5.41, 5.74) is 1.57. The van der Waals surface area contributed by atoms with E-state index in [-0.39, 0.29) is 23.5 Å². The standard InChI is InChI=1S/C19H19NO6/c1-4-17(21)26-15-8-6-12(10-16(15)25-3)18(22)20-14-7-5-13(19(23)24)9-11(14)2/h5-10H,4H2,1-3H3,(H,20,22)(H,23,24). The van der Waals surface area contributed by atoms with Gasteiger partial charge in [0.15, 0.2) is 11.5 Å². The summed E-state index contributed by atoms with van der Waals surface area (Å²) in [4.78, 5) is 34.8. The van der Waals surface area contributed by atoms with Crippen molar-refractivity contribution in [1.82, 2.24) is 0 Å². The zero-order valence-corrected chi connectivity index (χ0v) is 14.7. The van der Waals surface area contributed by atoms with Gasteiger partial charge in [-0.1, -0.05) is 6.92 Å². The summed E-state index contributed by atoms with van der Waals surface area (Å²) in [6.45, 7) is 3.38. The molecule has 26 heavy (non-hydrogen) atoms. The quantitative estimate of drug-likeness (QED) is 0.608. The second kappa shape index (κ2) is 8.15. The van der Waals surface area contributed by atoms with Crippen LogP contribution in [0.2, 0.25) is 0 Å². The Bertz CT molecular complexity index is 859. The number of amides is 1. The van der Waals surface area contributed by atoms with Gasteiger partial charge in [-0.3, -0.25) is 9.59 Å². The summed E-state index contributed by atoms with van der Waals surface area (Å²) >= 11 is 0. The molecule has 0 aliphatic rings. The molecule has 0 spiro atoms. The van der Waals surface area contributed by atoms with Gasteiger partial charge in [0.05, 0.1) is 12.7 Å². The second-order valence-corrected chi connectivity index (χ2v) is 5.48. The third kappa shape index (κ3) is 4.38. The van der Waals surface area contributed by atoms with Crippen LogP contribution >= 0.6 is 0 Å². The van der Waals surface area contributed by atoms with E-state index >= 15 is 0 Å². The van der Waals surface area contributed by atoms with Crippen LogP contribution in [0.3, 0.4) is 0 Å². The Balaban J connectivity index is 2.22. The van der Waals surface area contributed by atoms with Crippen molar-refractivity contribution < 1.29 is 29.0 Å². The van der Waals surface area contributed by atoms with Crippen LogP contribution in [-0.2, 0) is 4.79 Å². The van der Waals surface area contributed by atoms with Gasteiger partial charge in [0.25, 0.3) is 5.91 Å². The molecule has 1 amide bonds. The minimum atomic E-state index is -1.03. The number of carbonyl (C=O) groups excluding carboxylic acids is 2. The smallest absolute Gasteiger partial charge is 0.335 e. The Kier molecular flexibility index (Phi) is 5.95. The fraction of sp³-hybridized carbons (Fsp3) is 0.211. The molecule has 0 heterocycles. The first kappa shape index (κ1) is 19.0. The molecule has 7 nitrogen and oxygen atoms in total. The highest BCUT2D eigenvalue weighted by atomic mass is 16.6. The number of nitrogens with one attached hydrogen (secondary N) is 1. The summed E-state index contributed by atoms with van der Waals surface area (Å²) in [5, 5.41) is 11.7. The normalized spacial score (nSPS) is 10.1. The summed E-state index contributed by atoms with van der Waals surface area (Å²) < 4.78 is 10.3. The van der Waals surface area contributed by atoms with Crippen LogP contribution in [0, 0.1) is 6.92 Å². The maximum absolute atomic E-state index is 12.5. The van der Waals surface area contributed by atoms with Crippen LogP contribution in [0.5, 0.6) is 11.5 Å². The third-order valence-corrected chi connectivity index (χ3v) is 3.66. The van der Waals surface area contributed by atoms with E-state index in [4.69, 9.17) is 14.6 Å². The zero-order valence-electron chi connectivity index (χ0n) is 14.7. The molecule has 0 saturated carbocycles. The molecular weight excluding hydrogens is 338 g/mol. The van der Waals surface area contributed by atoms with Gasteiger partial charge in [-0.15, -0.1) is 0 Å². The van der Waals surface area contributed by atoms with Crippen molar-refractivity contribution in [2.75, 3.05) is 12.4 Å². The molecule has 0 aliphatic carbocycles. The van der Waals surface area contributed by atoms with Crippen LogP contribution in [0.15, 0.2) is 36.4 Å². The fourth-order valence-corrected chi connectivity index (χ4v) is 2.22. The Hall–Kier alpha value is -3.35. The average molecular weight is 357 g/mol. The molecule has 2 N–H and O–H groups in total. The van der Waals surface area contributed by atoms with Crippen LogP contribution in [0.4, 0.5) is 5.69 Å². The minimum absolute atomic E-state index is 0.143. The highest BCUT2D eigenvalue weighted by Gasteiger charge is 2.14. The van der Waals surface area contributed by atoms with Gasteiger partial charge < -0.3 is 19.9 Å². The number of rotatable bonds is 6. The average Bonchev–Trinajstić information content (AvgIpc) is 2.63. The Morgan fingerprint density at radius 2 is 1.73 bits per heavy atom. The van der Waals surface area contributed by atoms with E-state index in [9.17, 15) is 14.4 Å². The van der Waals surface area contributed by atoms with Crippen molar-refractivity contribution in [1.29, 1.82) is 0 Å². The Labute approximate surface area is 150 Å². The minimum Gasteiger partial charge on any atom is -0.493 e. The molecule has 0 atom stereocenters. The number of carbonyl (C=O) groups is 3. The van der Waals surface area contributed by atoms with Crippen LogP contribution in [0.1, 0.15) is 39.6 Å². The van der Waals surface area contributed by atoms with E-state index < -0.39 is 17.8 Å². The van der Waals surface area contributed by atoms with E-state index in [0.717, 1.165) is 0 Å². The summed E-state index contributed by atoms with van der Waals surface area (Å²) in [7, 11) is 1.41.